The van der Waals surface area contributed by atoms with E-state index in [1.54, 1.807) is 19.2 Å². The number of benzene rings is 2. The first-order valence-corrected chi connectivity index (χ1v) is 7.69. The van der Waals surface area contributed by atoms with Crippen molar-refractivity contribution < 1.29 is 18.7 Å². The van der Waals surface area contributed by atoms with Crippen LogP contribution in [0.1, 0.15) is 5.69 Å². The molecule has 0 radical (unpaired) electrons. The van der Waals surface area contributed by atoms with Crippen LogP contribution in [-0.2, 0) is 4.79 Å². The van der Waals surface area contributed by atoms with Gasteiger partial charge in [-0.2, -0.15) is 0 Å². The molecule has 0 unspecified atom stereocenters. The average Bonchev–Trinajstić information content (AvgIpc) is 2.59. The summed E-state index contributed by atoms with van der Waals surface area (Å²) >= 11 is 0. The number of nitrogens with zero attached hydrogens (tertiary/aromatic N) is 1. The highest BCUT2D eigenvalue weighted by molar-refractivity contribution is 5.92. The fraction of sp³-hybridized carbons (Fsp3) is 0.158. The molecule has 5 nitrogen and oxygen atoms in total. The maximum atomic E-state index is 13.2. The number of aryl methyl sites for hydroxylation is 1. The van der Waals surface area contributed by atoms with Crippen LogP contribution in [0.15, 0.2) is 48.5 Å². The highest BCUT2D eigenvalue weighted by atomic mass is 19.1. The van der Waals surface area contributed by atoms with E-state index in [0.29, 0.717) is 17.2 Å². The largest absolute Gasteiger partial charge is 0.497 e. The van der Waals surface area contributed by atoms with Crippen LogP contribution in [0.25, 0.3) is 10.9 Å². The molecule has 0 aliphatic heterocycles. The molecule has 6 heteroatoms. The maximum Gasteiger partial charge on any atom is 0.262 e. The van der Waals surface area contributed by atoms with Gasteiger partial charge in [-0.25, -0.2) is 4.39 Å². The van der Waals surface area contributed by atoms with Crippen molar-refractivity contribution in [1.29, 1.82) is 0 Å². The van der Waals surface area contributed by atoms with E-state index < -0.39 is 5.82 Å². The molecule has 25 heavy (non-hydrogen) atoms. The third-order valence-electron chi connectivity index (χ3n) is 3.57. The molecule has 3 rings (SSSR count). The summed E-state index contributed by atoms with van der Waals surface area (Å²) in [7, 11) is 1.58. The zero-order valence-electron chi connectivity index (χ0n) is 13.9. The zero-order chi connectivity index (χ0) is 17.8. The molecule has 2 aromatic carbocycles. The number of amides is 1. The van der Waals surface area contributed by atoms with Crippen LogP contribution < -0.4 is 14.8 Å². The van der Waals surface area contributed by atoms with Crippen molar-refractivity contribution >= 4 is 22.5 Å². The van der Waals surface area contributed by atoms with Gasteiger partial charge in [-0.3, -0.25) is 9.78 Å². The van der Waals surface area contributed by atoms with Crippen molar-refractivity contribution in [3.05, 3.63) is 60.0 Å². The number of pyridine rings is 1. The summed E-state index contributed by atoms with van der Waals surface area (Å²) in [6.45, 7) is 1.65. The van der Waals surface area contributed by atoms with Crippen molar-refractivity contribution in [2.45, 2.75) is 6.92 Å². The molecule has 0 saturated carbocycles. The van der Waals surface area contributed by atoms with Crippen molar-refractivity contribution in [3.63, 3.8) is 0 Å². The molecule has 1 N–H and O–H groups in total. The number of nitrogens with one attached hydrogen (secondary N) is 1. The van der Waals surface area contributed by atoms with Gasteiger partial charge in [0, 0.05) is 22.8 Å². The normalized spacial score (nSPS) is 10.5. The van der Waals surface area contributed by atoms with Gasteiger partial charge in [-0.05, 0) is 43.3 Å². The number of hydrogen-bond donors (Lipinski definition) is 1. The van der Waals surface area contributed by atoms with Gasteiger partial charge in [0.15, 0.2) is 6.61 Å². The molecular weight excluding hydrogens is 323 g/mol. The molecule has 0 fully saturated rings. The van der Waals surface area contributed by atoms with E-state index in [9.17, 15) is 9.18 Å². The Bertz CT molecular complexity index is 928. The first-order chi connectivity index (χ1) is 12.0. The second-order valence-electron chi connectivity index (χ2n) is 5.49. The standard InChI is InChI=1S/C19H17FN2O3/c1-12-8-18(16-10-15(24-2)6-7-17(16)21-12)25-11-19(23)22-14-5-3-4-13(20)9-14/h3-10H,11H2,1-2H3,(H,22,23). The number of methoxy groups -OCH3 is 1. The molecule has 3 aromatic rings. The van der Waals surface area contributed by atoms with Gasteiger partial charge in [-0.1, -0.05) is 6.07 Å². The number of anilines is 1. The molecule has 0 spiro atoms. The Morgan fingerprint density at radius 3 is 2.80 bits per heavy atom. The van der Waals surface area contributed by atoms with Gasteiger partial charge in [0.25, 0.3) is 5.91 Å². The van der Waals surface area contributed by atoms with Crippen molar-refractivity contribution in [2.24, 2.45) is 0 Å². The lowest BCUT2D eigenvalue weighted by molar-refractivity contribution is -0.118. The molecular formula is C19H17FN2O3. The summed E-state index contributed by atoms with van der Waals surface area (Å²) in [5, 5.41) is 3.35. The van der Waals surface area contributed by atoms with E-state index in [-0.39, 0.29) is 12.5 Å². The van der Waals surface area contributed by atoms with Crippen molar-refractivity contribution in [3.8, 4) is 11.5 Å². The van der Waals surface area contributed by atoms with E-state index in [4.69, 9.17) is 9.47 Å². The molecule has 0 aliphatic carbocycles. The predicted octanol–water partition coefficient (Wildman–Crippen LogP) is 3.71. The van der Waals surface area contributed by atoms with Gasteiger partial charge < -0.3 is 14.8 Å². The van der Waals surface area contributed by atoms with Gasteiger partial charge in [0.05, 0.1) is 12.6 Å². The Hall–Kier alpha value is -3.15. The zero-order valence-corrected chi connectivity index (χ0v) is 13.9. The molecule has 0 bridgehead atoms. The summed E-state index contributed by atoms with van der Waals surface area (Å²) in [5.41, 5.74) is 1.91. The Kier molecular flexibility index (Phi) is 4.79. The van der Waals surface area contributed by atoms with Crippen molar-refractivity contribution in [2.75, 3.05) is 19.0 Å². The summed E-state index contributed by atoms with van der Waals surface area (Å²) in [6, 6.07) is 12.9. The number of fused-ring (bicyclic) bond motifs is 1. The summed E-state index contributed by atoms with van der Waals surface area (Å²) in [6.07, 6.45) is 0. The number of carbonyl (C=O) groups excluding carboxylic acids is 1. The van der Waals surface area contributed by atoms with Crippen LogP contribution in [0.3, 0.4) is 0 Å². The van der Waals surface area contributed by atoms with Gasteiger partial charge in [0.2, 0.25) is 0 Å². The number of carbonyl (C=O) groups is 1. The molecule has 0 aliphatic rings. The lowest BCUT2D eigenvalue weighted by Gasteiger charge is -2.11. The minimum absolute atomic E-state index is 0.202. The molecule has 1 amide bonds. The van der Waals surface area contributed by atoms with Gasteiger partial charge in [0.1, 0.15) is 17.3 Å². The number of ether oxygens (including phenoxy) is 2. The van der Waals surface area contributed by atoms with E-state index in [1.807, 2.05) is 25.1 Å². The lowest BCUT2D eigenvalue weighted by atomic mass is 10.1. The summed E-state index contributed by atoms with van der Waals surface area (Å²) in [5.74, 6) is 0.417. The fourth-order valence-corrected chi connectivity index (χ4v) is 2.45. The monoisotopic (exact) mass is 340 g/mol. The van der Waals surface area contributed by atoms with Crippen LogP contribution >= 0.6 is 0 Å². The van der Waals surface area contributed by atoms with E-state index in [2.05, 4.69) is 10.3 Å². The van der Waals surface area contributed by atoms with Gasteiger partial charge in [-0.15, -0.1) is 0 Å². The second-order valence-corrected chi connectivity index (χ2v) is 5.49. The quantitative estimate of drug-likeness (QED) is 0.769. The Morgan fingerprint density at radius 1 is 1.20 bits per heavy atom. The maximum absolute atomic E-state index is 13.2. The highest BCUT2D eigenvalue weighted by Crippen LogP contribution is 2.29. The highest BCUT2D eigenvalue weighted by Gasteiger charge is 2.10. The third-order valence-corrected chi connectivity index (χ3v) is 3.57. The Labute approximate surface area is 144 Å². The van der Waals surface area contributed by atoms with Crippen LogP contribution in [0.4, 0.5) is 10.1 Å². The van der Waals surface area contributed by atoms with E-state index >= 15 is 0 Å². The second kappa shape index (κ2) is 7.17. The van der Waals surface area contributed by atoms with Crippen LogP contribution in [-0.4, -0.2) is 24.6 Å². The lowest BCUT2D eigenvalue weighted by Crippen LogP contribution is -2.20. The molecule has 1 aromatic heterocycles. The number of hydrogen-bond acceptors (Lipinski definition) is 4. The summed E-state index contributed by atoms with van der Waals surface area (Å²) < 4.78 is 24.0. The molecule has 128 valence electrons. The first kappa shape index (κ1) is 16.7. The SMILES string of the molecule is COc1ccc2nc(C)cc(OCC(=O)Nc3cccc(F)c3)c2c1. The van der Waals surface area contributed by atoms with Crippen LogP contribution in [0.2, 0.25) is 0 Å². The Balaban J connectivity index is 1.77. The summed E-state index contributed by atoms with van der Waals surface area (Å²) in [4.78, 5) is 16.5. The third kappa shape index (κ3) is 4.03. The van der Waals surface area contributed by atoms with Gasteiger partial charge >= 0.3 is 0 Å². The molecule has 1 heterocycles. The number of rotatable bonds is 5. The van der Waals surface area contributed by atoms with Crippen LogP contribution in [0.5, 0.6) is 11.5 Å². The number of halogens is 1. The minimum Gasteiger partial charge on any atom is -0.497 e. The molecule has 0 saturated heterocycles. The van der Waals surface area contributed by atoms with E-state index in [0.717, 1.165) is 16.6 Å². The first-order valence-electron chi connectivity index (χ1n) is 7.69. The topological polar surface area (TPSA) is 60.5 Å². The van der Waals surface area contributed by atoms with E-state index in [1.165, 1.54) is 18.2 Å². The fourth-order valence-electron chi connectivity index (χ4n) is 2.45. The van der Waals surface area contributed by atoms with Crippen LogP contribution in [0, 0.1) is 12.7 Å². The Morgan fingerprint density at radius 2 is 2.04 bits per heavy atom. The smallest absolute Gasteiger partial charge is 0.262 e. The predicted molar refractivity (Wildman–Crippen MR) is 93.6 cm³/mol. The molecule has 0 atom stereocenters. The average molecular weight is 340 g/mol. The minimum atomic E-state index is -0.415. The number of aromatic nitrogens is 1. The van der Waals surface area contributed by atoms with Crippen molar-refractivity contribution in [1.82, 2.24) is 4.98 Å².